The van der Waals surface area contributed by atoms with E-state index in [1.54, 1.807) is 19.1 Å². The number of likely N-dealkylation sites (tertiary alicyclic amines) is 1. The maximum atomic E-state index is 10.7. The molecule has 3 heterocycles. The zero-order valence-corrected chi connectivity index (χ0v) is 25.1. The SMILES string of the molecule is C1CCNC1.CC(=O)c1ccc(Br)cc1.CC(c1ccc(B2OC(C)(C)C(C)(C)O2)cc1)N1CCCC1. The van der Waals surface area contributed by atoms with E-state index < -0.39 is 0 Å². The molecule has 0 amide bonds. The number of benzene rings is 2. The Labute approximate surface area is 233 Å². The Morgan fingerprint density at radius 3 is 1.84 bits per heavy atom. The second-order valence-electron chi connectivity index (χ2n) is 11.2. The lowest BCUT2D eigenvalue weighted by Gasteiger charge is -2.32. The van der Waals surface area contributed by atoms with Crippen LogP contribution >= 0.6 is 15.9 Å². The van der Waals surface area contributed by atoms with E-state index in [-0.39, 0.29) is 24.1 Å². The highest BCUT2D eigenvalue weighted by Crippen LogP contribution is 2.36. The molecule has 1 unspecified atom stereocenters. The van der Waals surface area contributed by atoms with Crippen molar-refractivity contribution in [2.75, 3.05) is 26.2 Å². The number of nitrogens with zero attached hydrogens (tertiary/aromatic N) is 1. The Morgan fingerprint density at radius 1 is 0.892 bits per heavy atom. The summed E-state index contributed by atoms with van der Waals surface area (Å²) in [6.07, 6.45) is 5.44. The monoisotopic (exact) mass is 570 g/mol. The summed E-state index contributed by atoms with van der Waals surface area (Å²) in [6, 6.07) is 16.6. The molecule has 37 heavy (non-hydrogen) atoms. The normalized spacial score (nSPS) is 21.0. The van der Waals surface area contributed by atoms with Crippen molar-refractivity contribution in [2.45, 2.75) is 84.5 Å². The van der Waals surface area contributed by atoms with Crippen LogP contribution in [0.3, 0.4) is 0 Å². The molecule has 0 radical (unpaired) electrons. The molecule has 3 aliphatic rings. The predicted octanol–water partition coefficient (Wildman–Crippen LogP) is 6.16. The number of hydrogen-bond donors (Lipinski definition) is 1. The van der Waals surface area contributed by atoms with Gasteiger partial charge in [-0.1, -0.05) is 52.3 Å². The van der Waals surface area contributed by atoms with Crippen LogP contribution in [-0.4, -0.2) is 55.2 Å². The first kappa shape index (κ1) is 30.0. The Kier molecular flexibility index (Phi) is 11.0. The molecule has 2 aromatic rings. The molecule has 3 aliphatic heterocycles. The fourth-order valence-corrected chi connectivity index (χ4v) is 4.82. The Balaban J connectivity index is 0.000000207. The number of hydrogen-bond acceptors (Lipinski definition) is 5. The maximum Gasteiger partial charge on any atom is 0.494 e. The molecule has 2 aromatic carbocycles. The fourth-order valence-electron chi connectivity index (χ4n) is 4.56. The fraction of sp³-hybridized carbons (Fsp3) is 0.567. The van der Waals surface area contributed by atoms with Gasteiger partial charge in [-0.05, 0) is 117 Å². The second-order valence-corrected chi connectivity index (χ2v) is 12.1. The van der Waals surface area contributed by atoms with E-state index in [2.05, 4.69) is 85.0 Å². The predicted molar refractivity (Wildman–Crippen MR) is 158 cm³/mol. The van der Waals surface area contributed by atoms with Crippen LogP contribution in [0.15, 0.2) is 53.0 Å². The lowest BCUT2D eigenvalue weighted by Crippen LogP contribution is -2.41. The second kappa shape index (κ2) is 13.5. The number of ketones is 1. The molecule has 3 saturated heterocycles. The van der Waals surface area contributed by atoms with Crippen LogP contribution in [0.2, 0.25) is 0 Å². The molecule has 1 atom stereocenters. The number of nitrogens with one attached hydrogen (secondary N) is 1. The van der Waals surface area contributed by atoms with Crippen molar-refractivity contribution in [3.8, 4) is 0 Å². The lowest BCUT2D eigenvalue weighted by atomic mass is 9.78. The molecular weight excluding hydrogens is 527 g/mol. The highest BCUT2D eigenvalue weighted by molar-refractivity contribution is 9.10. The van der Waals surface area contributed by atoms with Crippen molar-refractivity contribution in [2.24, 2.45) is 0 Å². The molecule has 5 nitrogen and oxygen atoms in total. The van der Waals surface area contributed by atoms with Crippen LogP contribution in [0.5, 0.6) is 0 Å². The molecule has 0 bridgehead atoms. The molecule has 0 aromatic heterocycles. The molecule has 0 spiro atoms. The number of Topliss-reactive ketones (excluding diaryl/α,β-unsaturated/α-hetero) is 1. The highest BCUT2D eigenvalue weighted by atomic mass is 79.9. The molecule has 5 rings (SSSR count). The van der Waals surface area contributed by atoms with Crippen molar-refractivity contribution in [1.82, 2.24) is 10.2 Å². The van der Waals surface area contributed by atoms with Crippen LogP contribution in [0.1, 0.15) is 89.2 Å². The summed E-state index contributed by atoms with van der Waals surface area (Å²) in [5, 5.41) is 3.22. The first-order chi connectivity index (χ1) is 17.5. The minimum Gasteiger partial charge on any atom is -0.399 e. The molecule has 0 saturated carbocycles. The molecular formula is C30H44BBrN2O3. The van der Waals surface area contributed by atoms with Gasteiger partial charge in [-0.2, -0.15) is 0 Å². The summed E-state index contributed by atoms with van der Waals surface area (Å²) >= 11 is 3.28. The third-order valence-corrected chi connectivity index (χ3v) is 8.37. The minimum absolute atomic E-state index is 0.104. The van der Waals surface area contributed by atoms with Crippen LogP contribution < -0.4 is 10.8 Å². The van der Waals surface area contributed by atoms with Crippen LogP contribution in [-0.2, 0) is 9.31 Å². The first-order valence-corrected chi connectivity index (χ1v) is 14.5. The van der Waals surface area contributed by atoms with Crippen molar-refractivity contribution >= 4 is 34.3 Å². The summed E-state index contributed by atoms with van der Waals surface area (Å²) in [6.45, 7) is 17.2. The summed E-state index contributed by atoms with van der Waals surface area (Å²) in [4.78, 5) is 13.3. The van der Waals surface area contributed by atoms with Gasteiger partial charge in [0, 0.05) is 16.1 Å². The Bertz CT molecular complexity index is 961. The van der Waals surface area contributed by atoms with Gasteiger partial charge in [0.15, 0.2) is 5.78 Å². The van der Waals surface area contributed by atoms with E-state index in [4.69, 9.17) is 9.31 Å². The van der Waals surface area contributed by atoms with Gasteiger partial charge < -0.3 is 14.6 Å². The first-order valence-electron chi connectivity index (χ1n) is 13.7. The van der Waals surface area contributed by atoms with E-state index in [0.717, 1.165) is 15.5 Å². The summed E-state index contributed by atoms with van der Waals surface area (Å²) in [5.41, 5.74) is 2.68. The standard InChI is InChI=1S/C18H28BNO2.C8H7BrO.C4H9N/c1-14(20-12-6-7-13-20)15-8-10-16(11-9-15)19-21-17(2,3)18(4,5)22-19;1-6(10)7-2-4-8(9)5-3-7;1-2-4-5-3-1/h8-11,14H,6-7,12-13H2,1-5H3;2-5H,1H3;5H,1-4H2. The van der Waals surface area contributed by atoms with Gasteiger partial charge in [0.05, 0.1) is 11.2 Å². The summed E-state index contributed by atoms with van der Waals surface area (Å²) in [5.74, 6) is 0.104. The molecule has 202 valence electrons. The minimum atomic E-state index is -0.279. The van der Waals surface area contributed by atoms with Crippen molar-refractivity contribution in [1.29, 1.82) is 0 Å². The maximum absolute atomic E-state index is 10.7. The van der Waals surface area contributed by atoms with Gasteiger partial charge in [-0.3, -0.25) is 9.69 Å². The third kappa shape index (κ3) is 8.49. The largest absolute Gasteiger partial charge is 0.494 e. The number of halogens is 1. The Hall–Kier alpha value is -1.51. The van der Waals surface area contributed by atoms with Gasteiger partial charge in [0.25, 0.3) is 0 Å². The third-order valence-electron chi connectivity index (χ3n) is 7.84. The van der Waals surface area contributed by atoms with Crippen LogP contribution in [0.25, 0.3) is 0 Å². The molecule has 3 fully saturated rings. The Morgan fingerprint density at radius 2 is 1.41 bits per heavy atom. The summed E-state index contributed by atoms with van der Waals surface area (Å²) < 4.78 is 13.2. The van der Waals surface area contributed by atoms with Gasteiger partial charge in [-0.15, -0.1) is 0 Å². The van der Waals surface area contributed by atoms with Gasteiger partial charge in [0.2, 0.25) is 0 Å². The van der Waals surface area contributed by atoms with Crippen LogP contribution in [0.4, 0.5) is 0 Å². The lowest BCUT2D eigenvalue weighted by molar-refractivity contribution is 0.00578. The van der Waals surface area contributed by atoms with E-state index in [1.165, 1.54) is 57.4 Å². The van der Waals surface area contributed by atoms with Gasteiger partial charge >= 0.3 is 7.12 Å². The number of carbonyl (C=O) groups excluding carboxylic acids is 1. The van der Waals surface area contributed by atoms with E-state index in [9.17, 15) is 4.79 Å². The molecule has 7 heteroatoms. The highest BCUT2D eigenvalue weighted by Gasteiger charge is 2.51. The smallest absolute Gasteiger partial charge is 0.399 e. The van der Waals surface area contributed by atoms with Crippen molar-refractivity contribution in [3.63, 3.8) is 0 Å². The molecule has 1 N–H and O–H groups in total. The quantitative estimate of drug-likeness (QED) is 0.352. The van der Waals surface area contributed by atoms with Crippen molar-refractivity contribution in [3.05, 3.63) is 64.1 Å². The van der Waals surface area contributed by atoms with E-state index >= 15 is 0 Å². The number of carbonyl (C=O) groups is 1. The van der Waals surface area contributed by atoms with Gasteiger partial charge in [0.1, 0.15) is 0 Å². The van der Waals surface area contributed by atoms with Crippen LogP contribution in [0, 0.1) is 0 Å². The average molecular weight is 571 g/mol. The molecule has 0 aliphatic carbocycles. The summed E-state index contributed by atoms with van der Waals surface area (Å²) in [7, 11) is -0.263. The van der Waals surface area contributed by atoms with Gasteiger partial charge in [-0.25, -0.2) is 0 Å². The van der Waals surface area contributed by atoms with Crippen molar-refractivity contribution < 1.29 is 14.1 Å². The van der Waals surface area contributed by atoms with E-state index in [1.807, 2.05) is 12.1 Å². The zero-order chi connectivity index (χ0) is 27.1. The van der Waals surface area contributed by atoms with E-state index in [0.29, 0.717) is 6.04 Å². The topological polar surface area (TPSA) is 50.8 Å². The number of rotatable bonds is 4. The average Bonchev–Trinajstić information content (AvgIpc) is 3.64. The zero-order valence-electron chi connectivity index (χ0n) is 23.5.